The van der Waals surface area contributed by atoms with Crippen molar-refractivity contribution >= 4 is 17.4 Å². The van der Waals surface area contributed by atoms with Crippen molar-refractivity contribution < 1.29 is 38.4 Å². The first-order chi connectivity index (χ1) is 16.0. The summed E-state index contributed by atoms with van der Waals surface area (Å²) in [6.45, 7) is 1.17. The summed E-state index contributed by atoms with van der Waals surface area (Å²) in [5.41, 5.74) is 0.824. The van der Waals surface area contributed by atoms with Gasteiger partial charge in [0.25, 0.3) is 11.7 Å². The highest BCUT2D eigenvalue weighted by atomic mass is 16.6. The molecule has 1 saturated heterocycles. The number of amides is 1. The van der Waals surface area contributed by atoms with Crippen molar-refractivity contribution in [3.8, 4) is 23.0 Å². The minimum absolute atomic E-state index is 0.0451. The molecular weight excluding hydrogens is 430 g/mol. The number of hydrogen-bond donors (Lipinski definition) is 1. The van der Waals surface area contributed by atoms with Crippen molar-refractivity contribution in [3.05, 3.63) is 53.1 Å². The van der Waals surface area contributed by atoms with Crippen molar-refractivity contribution in [2.75, 3.05) is 47.7 Å². The molecule has 0 saturated carbocycles. The lowest BCUT2D eigenvalue weighted by Gasteiger charge is -2.26. The van der Waals surface area contributed by atoms with E-state index >= 15 is 0 Å². The Kier molecular flexibility index (Phi) is 6.41. The highest BCUT2D eigenvalue weighted by Crippen LogP contribution is 2.44. The normalized spacial score (nSPS) is 19.0. The van der Waals surface area contributed by atoms with Gasteiger partial charge in [0.15, 0.2) is 11.5 Å². The lowest BCUT2D eigenvalue weighted by molar-refractivity contribution is -0.140. The van der Waals surface area contributed by atoms with Crippen LogP contribution in [-0.2, 0) is 14.3 Å². The maximum atomic E-state index is 13.1. The summed E-state index contributed by atoms with van der Waals surface area (Å²) in [4.78, 5) is 27.5. The summed E-state index contributed by atoms with van der Waals surface area (Å²) in [6, 6.07) is 9.07. The predicted octanol–water partition coefficient (Wildman–Crippen LogP) is 2.54. The van der Waals surface area contributed by atoms with Gasteiger partial charge < -0.3 is 33.7 Å². The first-order valence-electron chi connectivity index (χ1n) is 10.4. The maximum absolute atomic E-state index is 13.1. The fourth-order valence-corrected chi connectivity index (χ4v) is 4.01. The summed E-state index contributed by atoms with van der Waals surface area (Å²) in [6.07, 6.45) is 0. The Bertz CT molecular complexity index is 1110. The Morgan fingerprint density at radius 1 is 1.03 bits per heavy atom. The number of aliphatic hydroxyl groups excluding tert-OH is 1. The Hall–Kier alpha value is -3.72. The van der Waals surface area contributed by atoms with E-state index < -0.39 is 17.7 Å². The molecule has 0 aromatic heterocycles. The zero-order chi connectivity index (χ0) is 23.5. The Morgan fingerprint density at radius 2 is 1.79 bits per heavy atom. The van der Waals surface area contributed by atoms with E-state index in [0.29, 0.717) is 47.3 Å². The second kappa shape index (κ2) is 9.41. The summed E-state index contributed by atoms with van der Waals surface area (Å²) in [5.74, 6) is 0.140. The molecule has 1 unspecified atom stereocenters. The van der Waals surface area contributed by atoms with E-state index in [1.165, 1.54) is 26.2 Å². The molecule has 174 valence electrons. The van der Waals surface area contributed by atoms with Crippen molar-refractivity contribution in [3.63, 3.8) is 0 Å². The van der Waals surface area contributed by atoms with Crippen LogP contribution in [0, 0.1) is 0 Å². The molecule has 2 aliphatic heterocycles. The number of likely N-dealkylation sites (tertiary alicyclic amines) is 1. The summed E-state index contributed by atoms with van der Waals surface area (Å²) in [7, 11) is 4.52. The Morgan fingerprint density at radius 3 is 2.48 bits per heavy atom. The molecular formula is C24H25NO8. The van der Waals surface area contributed by atoms with Crippen LogP contribution in [0.1, 0.15) is 17.2 Å². The van der Waals surface area contributed by atoms with E-state index in [9.17, 15) is 14.7 Å². The van der Waals surface area contributed by atoms with Gasteiger partial charge in [-0.25, -0.2) is 0 Å². The van der Waals surface area contributed by atoms with Crippen molar-refractivity contribution in [2.45, 2.75) is 6.04 Å². The average molecular weight is 455 g/mol. The number of benzene rings is 2. The third kappa shape index (κ3) is 4.07. The molecule has 0 radical (unpaired) electrons. The SMILES string of the molecule is COCCN1C(=O)C(=O)/C(=C(/O)c2ccc3c(c2)OCCO3)C1c1ccc(OC)cc1OC. The summed E-state index contributed by atoms with van der Waals surface area (Å²) in [5, 5.41) is 11.2. The monoisotopic (exact) mass is 455 g/mol. The van der Waals surface area contributed by atoms with Gasteiger partial charge in [-0.05, 0) is 30.3 Å². The van der Waals surface area contributed by atoms with Gasteiger partial charge in [-0.2, -0.15) is 0 Å². The number of hydrogen-bond acceptors (Lipinski definition) is 8. The van der Waals surface area contributed by atoms with Crippen LogP contribution in [0.4, 0.5) is 0 Å². The number of aliphatic hydroxyl groups is 1. The van der Waals surface area contributed by atoms with Gasteiger partial charge in [-0.3, -0.25) is 9.59 Å². The van der Waals surface area contributed by atoms with Gasteiger partial charge in [0.2, 0.25) is 0 Å². The number of carbonyl (C=O) groups excluding carboxylic acids is 2. The van der Waals surface area contributed by atoms with Crippen LogP contribution >= 0.6 is 0 Å². The fraction of sp³-hybridized carbons (Fsp3) is 0.333. The maximum Gasteiger partial charge on any atom is 0.295 e. The van der Waals surface area contributed by atoms with Gasteiger partial charge in [0, 0.05) is 30.8 Å². The minimum Gasteiger partial charge on any atom is -0.507 e. The first-order valence-corrected chi connectivity index (χ1v) is 10.4. The van der Waals surface area contributed by atoms with Gasteiger partial charge in [0.05, 0.1) is 32.4 Å². The lowest BCUT2D eigenvalue weighted by atomic mass is 9.94. The van der Waals surface area contributed by atoms with Gasteiger partial charge in [-0.1, -0.05) is 0 Å². The Balaban J connectivity index is 1.87. The highest BCUT2D eigenvalue weighted by Gasteiger charge is 2.47. The zero-order valence-electron chi connectivity index (χ0n) is 18.6. The molecule has 1 fully saturated rings. The number of ketones is 1. The molecule has 9 nitrogen and oxygen atoms in total. The molecule has 2 aromatic carbocycles. The molecule has 1 atom stereocenters. The van der Waals surface area contributed by atoms with E-state index in [2.05, 4.69) is 0 Å². The smallest absolute Gasteiger partial charge is 0.295 e. The molecule has 33 heavy (non-hydrogen) atoms. The second-order valence-corrected chi connectivity index (χ2v) is 7.45. The molecule has 4 rings (SSSR count). The zero-order valence-corrected chi connectivity index (χ0v) is 18.6. The van der Waals surface area contributed by atoms with Crippen LogP contribution in [0.5, 0.6) is 23.0 Å². The topological polar surface area (TPSA) is 104 Å². The van der Waals surface area contributed by atoms with Crippen LogP contribution in [0.3, 0.4) is 0 Å². The average Bonchev–Trinajstić information content (AvgIpc) is 3.10. The third-order valence-corrected chi connectivity index (χ3v) is 5.63. The first kappa shape index (κ1) is 22.5. The second-order valence-electron chi connectivity index (χ2n) is 7.45. The van der Waals surface area contributed by atoms with E-state index in [1.807, 2.05) is 0 Å². The molecule has 2 aromatic rings. The number of Topliss-reactive ketones (excluding diaryl/α,β-unsaturated/α-hetero) is 1. The number of methoxy groups -OCH3 is 3. The summed E-state index contributed by atoms with van der Waals surface area (Å²) >= 11 is 0. The van der Waals surface area contributed by atoms with Crippen LogP contribution in [0.15, 0.2) is 42.0 Å². The molecule has 0 bridgehead atoms. The molecule has 1 amide bonds. The van der Waals surface area contributed by atoms with Crippen LogP contribution < -0.4 is 18.9 Å². The van der Waals surface area contributed by atoms with Crippen molar-refractivity contribution in [1.82, 2.24) is 4.90 Å². The number of ether oxygens (including phenoxy) is 5. The van der Waals surface area contributed by atoms with Crippen molar-refractivity contribution in [1.29, 1.82) is 0 Å². The predicted molar refractivity (Wildman–Crippen MR) is 118 cm³/mol. The standard InChI is InChI=1S/C24H25NO8/c1-29-9-8-25-21(16-6-5-15(30-2)13-18(16)31-3)20(23(27)24(25)28)22(26)14-4-7-17-19(12-14)33-11-10-32-17/h4-7,12-13,21,26H,8-11H2,1-3H3/b22-20+. The van der Waals surface area contributed by atoms with E-state index in [4.69, 9.17) is 23.7 Å². The van der Waals surface area contributed by atoms with E-state index in [-0.39, 0.29) is 24.5 Å². The molecule has 0 aliphatic carbocycles. The third-order valence-electron chi connectivity index (χ3n) is 5.63. The van der Waals surface area contributed by atoms with Gasteiger partial charge >= 0.3 is 0 Å². The van der Waals surface area contributed by atoms with E-state index in [1.54, 1.807) is 36.4 Å². The minimum atomic E-state index is -0.880. The number of nitrogens with zero attached hydrogens (tertiary/aromatic N) is 1. The van der Waals surface area contributed by atoms with E-state index in [0.717, 1.165) is 0 Å². The number of rotatable bonds is 7. The summed E-state index contributed by atoms with van der Waals surface area (Å²) < 4.78 is 27.1. The number of carbonyl (C=O) groups is 2. The quantitative estimate of drug-likeness (QED) is 0.386. The molecule has 9 heteroatoms. The molecule has 1 N–H and O–H groups in total. The van der Waals surface area contributed by atoms with Crippen molar-refractivity contribution in [2.24, 2.45) is 0 Å². The molecule has 2 aliphatic rings. The lowest BCUT2D eigenvalue weighted by Crippen LogP contribution is -2.32. The molecule has 0 spiro atoms. The van der Waals surface area contributed by atoms with Gasteiger partial charge in [-0.15, -0.1) is 0 Å². The largest absolute Gasteiger partial charge is 0.507 e. The number of fused-ring (bicyclic) bond motifs is 1. The highest BCUT2D eigenvalue weighted by molar-refractivity contribution is 6.46. The van der Waals surface area contributed by atoms with Crippen LogP contribution in [0.2, 0.25) is 0 Å². The molecule has 2 heterocycles. The van der Waals surface area contributed by atoms with Crippen LogP contribution in [0.25, 0.3) is 5.76 Å². The van der Waals surface area contributed by atoms with Gasteiger partial charge in [0.1, 0.15) is 30.5 Å². The van der Waals surface area contributed by atoms with Crippen LogP contribution in [-0.4, -0.2) is 69.4 Å². The fourth-order valence-electron chi connectivity index (χ4n) is 4.01. The Labute approximate surface area is 191 Å².